The minimum atomic E-state index is -2.61. The number of rotatable bonds is 4. The van der Waals surface area contributed by atoms with Gasteiger partial charge >= 0.3 is 0 Å². The van der Waals surface area contributed by atoms with E-state index in [1.807, 2.05) is 12.2 Å². The molecular weight excluding hydrogens is 384 g/mol. The summed E-state index contributed by atoms with van der Waals surface area (Å²) >= 11 is 0. The quantitative estimate of drug-likeness (QED) is 0.642. The molecule has 0 bridgehead atoms. The van der Waals surface area contributed by atoms with E-state index in [9.17, 15) is 4.79 Å². The van der Waals surface area contributed by atoms with Gasteiger partial charge in [0.2, 0.25) is 0 Å². The number of fused-ring (bicyclic) bond motifs is 1. The van der Waals surface area contributed by atoms with Gasteiger partial charge in [0.1, 0.15) is 0 Å². The Labute approximate surface area is 181 Å². The van der Waals surface area contributed by atoms with Crippen molar-refractivity contribution in [2.24, 2.45) is 5.41 Å². The second-order valence-electron chi connectivity index (χ2n) is 9.90. The Kier molecular flexibility index (Phi) is 5.46. The molecule has 0 saturated heterocycles. The zero-order chi connectivity index (χ0) is 21.4. The highest BCUT2D eigenvalue weighted by Crippen LogP contribution is 2.51. The Hall–Kier alpha value is -2.23. The molecule has 4 rings (SSSR count). The summed E-state index contributed by atoms with van der Waals surface area (Å²) in [6.45, 7) is 9.26. The Morgan fingerprint density at radius 1 is 0.967 bits per heavy atom. The van der Waals surface area contributed by atoms with Crippen LogP contribution in [-0.2, 0) is 9.22 Å². The summed E-state index contributed by atoms with van der Waals surface area (Å²) in [4.78, 5) is 12.2. The van der Waals surface area contributed by atoms with Crippen molar-refractivity contribution in [1.82, 2.24) is 0 Å². The van der Waals surface area contributed by atoms with Gasteiger partial charge in [-0.25, -0.2) is 0 Å². The predicted molar refractivity (Wildman–Crippen MR) is 127 cm³/mol. The van der Waals surface area contributed by atoms with Crippen LogP contribution in [0.2, 0.25) is 5.04 Å². The first-order chi connectivity index (χ1) is 14.3. The topological polar surface area (TPSA) is 26.3 Å². The zero-order valence-corrected chi connectivity index (χ0v) is 19.5. The molecule has 0 heterocycles. The highest BCUT2D eigenvalue weighted by molar-refractivity contribution is 6.99. The van der Waals surface area contributed by atoms with E-state index >= 15 is 0 Å². The van der Waals surface area contributed by atoms with Gasteiger partial charge < -0.3 is 4.43 Å². The summed E-state index contributed by atoms with van der Waals surface area (Å²) in [5.41, 5.74) is 1.12. The molecule has 2 aliphatic carbocycles. The van der Waals surface area contributed by atoms with Crippen LogP contribution in [0.1, 0.15) is 47.0 Å². The Balaban J connectivity index is 1.87. The number of benzene rings is 2. The lowest BCUT2D eigenvalue weighted by atomic mass is 9.80. The van der Waals surface area contributed by atoms with Crippen molar-refractivity contribution in [2.75, 3.05) is 0 Å². The number of carbonyl (C=O) groups is 1. The highest BCUT2D eigenvalue weighted by atomic mass is 28.4. The van der Waals surface area contributed by atoms with E-state index in [1.165, 1.54) is 15.9 Å². The first-order valence-electron chi connectivity index (χ1n) is 11.0. The maximum Gasteiger partial charge on any atom is 0.261 e. The number of allylic oxidation sites excluding steroid dienone is 3. The van der Waals surface area contributed by atoms with E-state index in [0.717, 1.165) is 19.3 Å². The van der Waals surface area contributed by atoms with Crippen LogP contribution in [0, 0.1) is 5.41 Å². The minimum absolute atomic E-state index is 0.0467. The lowest BCUT2D eigenvalue weighted by molar-refractivity contribution is -0.110. The van der Waals surface area contributed by atoms with E-state index in [0.29, 0.717) is 0 Å². The van der Waals surface area contributed by atoms with E-state index in [2.05, 4.69) is 88.4 Å². The van der Waals surface area contributed by atoms with Crippen LogP contribution in [0.4, 0.5) is 0 Å². The molecule has 0 amide bonds. The van der Waals surface area contributed by atoms with Crippen molar-refractivity contribution < 1.29 is 9.22 Å². The molecule has 0 unspecified atom stereocenters. The van der Waals surface area contributed by atoms with Crippen LogP contribution < -0.4 is 10.4 Å². The summed E-state index contributed by atoms with van der Waals surface area (Å²) in [6.07, 6.45) is 8.47. The van der Waals surface area contributed by atoms with Gasteiger partial charge in [0.15, 0.2) is 5.78 Å². The van der Waals surface area contributed by atoms with E-state index in [-0.39, 0.29) is 22.3 Å². The minimum Gasteiger partial charge on any atom is -0.404 e. The van der Waals surface area contributed by atoms with E-state index < -0.39 is 8.32 Å². The average Bonchev–Trinajstić information content (AvgIpc) is 2.92. The monoisotopic (exact) mass is 416 g/mol. The molecule has 30 heavy (non-hydrogen) atoms. The molecule has 2 aliphatic rings. The largest absolute Gasteiger partial charge is 0.404 e. The summed E-state index contributed by atoms with van der Waals surface area (Å²) in [6, 6.07) is 21.7. The number of carbonyl (C=O) groups excluding carboxylic acids is 1. The van der Waals surface area contributed by atoms with Gasteiger partial charge in [0.25, 0.3) is 8.32 Å². The fourth-order valence-electron chi connectivity index (χ4n) is 5.33. The maximum absolute atomic E-state index is 12.2. The van der Waals surface area contributed by atoms with Crippen LogP contribution in [0.15, 0.2) is 84.5 Å². The zero-order valence-electron chi connectivity index (χ0n) is 18.5. The van der Waals surface area contributed by atoms with Gasteiger partial charge in [-0.15, -0.1) is 0 Å². The fourth-order valence-corrected chi connectivity index (χ4v) is 10.2. The third-order valence-corrected chi connectivity index (χ3v) is 12.0. The number of hydrogen-bond donors (Lipinski definition) is 0. The highest BCUT2D eigenvalue weighted by Gasteiger charge is 2.55. The summed E-state index contributed by atoms with van der Waals surface area (Å²) in [5.74, 6) is 0.111. The van der Waals surface area contributed by atoms with Crippen molar-refractivity contribution in [3.05, 3.63) is 84.5 Å². The van der Waals surface area contributed by atoms with Crippen LogP contribution >= 0.6 is 0 Å². The summed E-state index contributed by atoms with van der Waals surface area (Å²) in [5, 5.41) is 2.57. The Morgan fingerprint density at radius 2 is 1.53 bits per heavy atom. The molecule has 0 spiro atoms. The third kappa shape index (κ3) is 3.44. The lowest BCUT2D eigenvalue weighted by Crippen LogP contribution is -2.68. The molecule has 0 radical (unpaired) electrons. The number of ketones is 1. The van der Waals surface area contributed by atoms with Crippen LogP contribution in [-0.4, -0.2) is 20.2 Å². The Bertz CT molecular complexity index is 929. The average molecular weight is 417 g/mol. The number of hydrogen-bond acceptors (Lipinski definition) is 2. The molecule has 156 valence electrons. The normalized spacial score (nSPS) is 24.3. The van der Waals surface area contributed by atoms with Crippen molar-refractivity contribution in [2.45, 2.75) is 58.1 Å². The standard InChI is InChI=1S/C27H32O2Si/c1-26(2,3)30(23-13-7-5-8-14-23,24-15-9-6-10-16-24)29-25-18-17-21-20-22(28)12-11-19-27(21,25)4/h5-16,20,25H,17-19H2,1-4H3/t25-,27-/m0/s1. The van der Waals surface area contributed by atoms with Gasteiger partial charge in [0.05, 0.1) is 6.10 Å². The molecule has 2 aromatic carbocycles. The van der Waals surface area contributed by atoms with Crippen LogP contribution in [0.5, 0.6) is 0 Å². The molecule has 0 N–H and O–H groups in total. The third-order valence-electron chi connectivity index (χ3n) is 7.00. The molecule has 2 nitrogen and oxygen atoms in total. The summed E-state index contributed by atoms with van der Waals surface area (Å²) < 4.78 is 7.45. The van der Waals surface area contributed by atoms with Crippen LogP contribution in [0.3, 0.4) is 0 Å². The molecule has 2 aromatic rings. The van der Waals surface area contributed by atoms with Crippen molar-refractivity contribution in [3.8, 4) is 0 Å². The van der Waals surface area contributed by atoms with E-state index in [4.69, 9.17) is 4.43 Å². The van der Waals surface area contributed by atoms with Crippen molar-refractivity contribution in [1.29, 1.82) is 0 Å². The first kappa shape index (κ1) is 21.0. The predicted octanol–water partition coefficient (Wildman–Crippen LogP) is 5.19. The maximum atomic E-state index is 12.2. The second-order valence-corrected chi connectivity index (χ2v) is 14.2. The first-order valence-corrected chi connectivity index (χ1v) is 12.9. The SMILES string of the molecule is CC(C)(C)[Si](O[C@H]1CCC2=CC(=O)C=CC[C@@]21C)(c1ccccc1)c1ccccc1. The van der Waals surface area contributed by atoms with Gasteiger partial charge in [-0.3, -0.25) is 4.79 Å². The van der Waals surface area contributed by atoms with Gasteiger partial charge in [-0.2, -0.15) is 0 Å². The molecule has 2 atom stereocenters. The van der Waals surface area contributed by atoms with Crippen molar-refractivity contribution in [3.63, 3.8) is 0 Å². The lowest BCUT2D eigenvalue weighted by Gasteiger charge is -2.47. The van der Waals surface area contributed by atoms with Gasteiger partial charge in [0, 0.05) is 5.41 Å². The van der Waals surface area contributed by atoms with Crippen LogP contribution in [0.25, 0.3) is 0 Å². The van der Waals surface area contributed by atoms with Gasteiger partial charge in [-0.05, 0) is 46.8 Å². The molecule has 1 fully saturated rings. The second kappa shape index (κ2) is 7.79. The fraction of sp³-hybridized carbons (Fsp3) is 0.370. The molecule has 0 aromatic heterocycles. The Morgan fingerprint density at radius 3 is 2.07 bits per heavy atom. The van der Waals surface area contributed by atoms with Gasteiger partial charge in [-0.1, -0.05) is 100 Å². The summed E-state index contributed by atoms with van der Waals surface area (Å²) in [7, 11) is -2.61. The van der Waals surface area contributed by atoms with Crippen molar-refractivity contribution >= 4 is 24.5 Å². The molecule has 1 saturated carbocycles. The molecular formula is C27H32O2Si. The smallest absolute Gasteiger partial charge is 0.261 e. The van der Waals surface area contributed by atoms with E-state index in [1.54, 1.807) is 6.08 Å². The molecule has 3 heteroatoms. The molecule has 0 aliphatic heterocycles.